The molecule has 1 unspecified atom stereocenters. The fourth-order valence-corrected chi connectivity index (χ4v) is 2.44. The molecule has 106 valence electrons. The number of benzene rings is 1. The Balaban J connectivity index is 2.09. The van der Waals surface area contributed by atoms with Gasteiger partial charge in [-0.25, -0.2) is 0 Å². The number of aliphatic hydroxyl groups is 1. The summed E-state index contributed by atoms with van der Waals surface area (Å²) in [4.78, 5) is 25.9. The quantitative estimate of drug-likeness (QED) is 0.411. The number of aromatic nitrogens is 3. The number of aliphatic hydroxyl groups excluding tert-OH is 1. The highest BCUT2D eigenvalue weighted by Crippen LogP contribution is 2.22. The Hall–Kier alpha value is -2.06. The number of hydrogen-bond acceptors (Lipinski definition) is 6. The Bertz CT molecular complexity index is 708. The van der Waals surface area contributed by atoms with Crippen LogP contribution in [0, 0.1) is 0 Å². The number of thioether (sulfide) groups is 1. The van der Waals surface area contributed by atoms with E-state index >= 15 is 0 Å². The standard InChI is InChI=1S/C12H14N4O3S/c1-16-12(14-10(18)11(19)15-16)20-6-9(17)7-2-4-8(13)5-3-7/h2-5,9,17H,6,13H2,1H3,(H,15,19). The van der Waals surface area contributed by atoms with Gasteiger partial charge in [0.25, 0.3) is 0 Å². The highest BCUT2D eigenvalue weighted by Gasteiger charge is 2.11. The van der Waals surface area contributed by atoms with E-state index in [9.17, 15) is 14.7 Å². The molecule has 20 heavy (non-hydrogen) atoms. The zero-order valence-corrected chi connectivity index (χ0v) is 11.6. The van der Waals surface area contributed by atoms with Gasteiger partial charge in [0, 0.05) is 18.5 Å². The molecule has 0 aliphatic heterocycles. The van der Waals surface area contributed by atoms with E-state index in [0.29, 0.717) is 16.6 Å². The lowest BCUT2D eigenvalue weighted by atomic mass is 10.1. The highest BCUT2D eigenvalue weighted by atomic mass is 32.2. The number of anilines is 1. The Labute approximate surface area is 118 Å². The summed E-state index contributed by atoms with van der Waals surface area (Å²) in [6, 6.07) is 6.88. The predicted octanol–water partition coefficient (Wildman–Crippen LogP) is -0.124. The number of nitrogens with one attached hydrogen (secondary N) is 1. The first-order valence-electron chi connectivity index (χ1n) is 5.81. The number of aromatic amines is 1. The molecule has 0 saturated heterocycles. The summed E-state index contributed by atoms with van der Waals surface area (Å²) in [5, 5.41) is 12.7. The SMILES string of the molecule is Cn1[nH]c(=O)c(=O)nc1SCC(O)c1ccc(N)cc1. The normalized spacial score (nSPS) is 12.3. The van der Waals surface area contributed by atoms with E-state index in [4.69, 9.17) is 5.73 Å². The van der Waals surface area contributed by atoms with Gasteiger partial charge in [-0.2, -0.15) is 4.98 Å². The van der Waals surface area contributed by atoms with Crippen molar-refractivity contribution in [1.29, 1.82) is 0 Å². The molecule has 1 aromatic heterocycles. The largest absolute Gasteiger partial charge is 0.399 e. The van der Waals surface area contributed by atoms with Crippen molar-refractivity contribution in [1.82, 2.24) is 14.8 Å². The van der Waals surface area contributed by atoms with Crippen LogP contribution in [-0.2, 0) is 7.05 Å². The van der Waals surface area contributed by atoms with E-state index in [0.717, 1.165) is 5.56 Å². The van der Waals surface area contributed by atoms with E-state index in [2.05, 4.69) is 10.1 Å². The summed E-state index contributed by atoms with van der Waals surface area (Å²) >= 11 is 1.18. The van der Waals surface area contributed by atoms with Crippen LogP contribution in [0.1, 0.15) is 11.7 Å². The first-order valence-corrected chi connectivity index (χ1v) is 6.79. The third-order valence-electron chi connectivity index (χ3n) is 2.64. The summed E-state index contributed by atoms with van der Waals surface area (Å²) in [7, 11) is 1.58. The van der Waals surface area contributed by atoms with Gasteiger partial charge < -0.3 is 10.8 Å². The Kier molecular flexibility index (Phi) is 4.26. The van der Waals surface area contributed by atoms with E-state index in [1.807, 2.05) is 0 Å². The molecule has 0 aliphatic carbocycles. The second-order valence-corrected chi connectivity index (χ2v) is 5.18. The fourth-order valence-electron chi connectivity index (χ4n) is 1.56. The van der Waals surface area contributed by atoms with Crippen LogP contribution in [0.15, 0.2) is 39.0 Å². The highest BCUT2D eigenvalue weighted by molar-refractivity contribution is 7.99. The number of nitrogen functional groups attached to an aromatic ring is 1. The summed E-state index contributed by atoms with van der Waals surface area (Å²) < 4.78 is 1.35. The van der Waals surface area contributed by atoms with Crippen molar-refractivity contribution < 1.29 is 5.11 Å². The minimum atomic E-state index is -0.840. The average molecular weight is 294 g/mol. The lowest BCUT2D eigenvalue weighted by Crippen LogP contribution is -2.33. The van der Waals surface area contributed by atoms with Crippen molar-refractivity contribution >= 4 is 17.4 Å². The smallest absolute Gasteiger partial charge is 0.339 e. The molecule has 0 bridgehead atoms. The van der Waals surface area contributed by atoms with Gasteiger partial charge in [0.15, 0.2) is 5.16 Å². The van der Waals surface area contributed by atoms with Gasteiger partial charge in [-0.1, -0.05) is 23.9 Å². The van der Waals surface area contributed by atoms with Gasteiger partial charge in [0.1, 0.15) is 0 Å². The van der Waals surface area contributed by atoms with Gasteiger partial charge in [-0.15, -0.1) is 0 Å². The number of H-pyrrole nitrogens is 1. The lowest BCUT2D eigenvalue weighted by molar-refractivity contribution is 0.204. The van der Waals surface area contributed by atoms with Crippen LogP contribution in [0.3, 0.4) is 0 Å². The van der Waals surface area contributed by atoms with Crippen molar-refractivity contribution in [3.63, 3.8) is 0 Å². The Morgan fingerprint density at radius 3 is 2.70 bits per heavy atom. The molecule has 0 spiro atoms. The molecule has 2 aromatic rings. The number of rotatable bonds is 4. The van der Waals surface area contributed by atoms with Crippen molar-refractivity contribution in [2.45, 2.75) is 11.3 Å². The van der Waals surface area contributed by atoms with Gasteiger partial charge in [-0.3, -0.25) is 19.4 Å². The van der Waals surface area contributed by atoms with Crippen molar-refractivity contribution in [2.24, 2.45) is 7.05 Å². The minimum Gasteiger partial charge on any atom is -0.399 e. The Morgan fingerprint density at radius 1 is 1.40 bits per heavy atom. The summed E-state index contributed by atoms with van der Waals surface area (Å²) in [5.41, 5.74) is 5.31. The molecule has 1 atom stereocenters. The topological polar surface area (TPSA) is 114 Å². The van der Waals surface area contributed by atoms with Crippen LogP contribution >= 0.6 is 11.8 Å². The third kappa shape index (κ3) is 3.28. The van der Waals surface area contributed by atoms with E-state index in [1.165, 1.54) is 16.4 Å². The molecule has 0 radical (unpaired) electrons. The van der Waals surface area contributed by atoms with Crippen LogP contribution in [0.2, 0.25) is 0 Å². The number of hydrogen-bond donors (Lipinski definition) is 3. The molecule has 1 heterocycles. The molecule has 0 fully saturated rings. The second-order valence-electron chi connectivity index (χ2n) is 4.19. The maximum Gasteiger partial charge on any atom is 0.339 e. The van der Waals surface area contributed by atoms with E-state index < -0.39 is 17.2 Å². The fraction of sp³-hybridized carbons (Fsp3) is 0.250. The van der Waals surface area contributed by atoms with Crippen LogP contribution in [0.4, 0.5) is 5.69 Å². The second kappa shape index (κ2) is 5.93. The van der Waals surface area contributed by atoms with Crippen molar-refractivity contribution in [3.8, 4) is 0 Å². The van der Waals surface area contributed by atoms with E-state index in [-0.39, 0.29) is 0 Å². The maximum atomic E-state index is 11.2. The van der Waals surface area contributed by atoms with Gasteiger partial charge in [-0.05, 0) is 17.7 Å². The van der Waals surface area contributed by atoms with Crippen molar-refractivity contribution in [3.05, 3.63) is 50.5 Å². The van der Waals surface area contributed by atoms with Crippen LogP contribution in [-0.4, -0.2) is 25.6 Å². The van der Waals surface area contributed by atoms with Crippen LogP contribution in [0.25, 0.3) is 0 Å². The van der Waals surface area contributed by atoms with Crippen LogP contribution < -0.4 is 16.9 Å². The number of nitrogens with two attached hydrogens (primary N) is 1. The predicted molar refractivity (Wildman–Crippen MR) is 76.6 cm³/mol. The maximum absolute atomic E-state index is 11.2. The monoisotopic (exact) mass is 294 g/mol. The zero-order chi connectivity index (χ0) is 14.7. The first-order chi connectivity index (χ1) is 9.47. The molecule has 0 amide bonds. The first kappa shape index (κ1) is 14.4. The lowest BCUT2D eigenvalue weighted by Gasteiger charge is -2.11. The van der Waals surface area contributed by atoms with E-state index in [1.54, 1.807) is 31.3 Å². The van der Waals surface area contributed by atoms with Gasteiger partial charge >= 0.3 is 11.1 Å². The summed E-state index contributed by atoms with van der Waals surface area (Å²) in [5.74, 6) is 0.302. The summed E-state index contributed by atoms with van der Waals surface area (Å²) in [6.45, 7) is 0. The van der Waals surface area contributed by atoms with Gasteiger partial charge in [0.05, 0.1) is 6.10 Å². The molecular formula is C12H14N4O3S. The Morgan fingerprint density at radius 2 is 2.05 bits per heavy atom. The molecule has 0 saturated carbocycles. The minimum absolute atomic E-state index is 0.302. The molecule has 2 rings (SSSR count). The molecule has 7 nitrogen and oxygen atoms in total. The molecular weight excluding hydrogens is 280 g/mol. The van der Waals surface area contributed by atoms with Crippen LogP contribution in [0.5, 0.6) is 0 Å². The summed E-state index contributed by atoms with van der Waals surface area (Å²) in [6.07, 6.45) is -0.718. The van der Waals surface area contributed by atoms with Gasteiger partial charge in [0.2, 0.25) is 0 Å². The number of aryl methyl sites for hydroxylation is 1. The zero-order valence-electron chi connectivity index (χ0n) is 10.7. The average Bonchev–Trinajstić information content (AvgIpc) is 2.42. The molecule has 8 heteroatoms. The molecule has 1 aromatic carbocycles. The van der Waals surface area contributed by atoms with Crippen molar-refractivity contribution in [2.75, 3.05) is 11.5 Å². The third-order valence-corrected chi connectivity index (χ3v) is 3.74. The molecule has 0 aliphatic rings. The molecule has 4 N–H and O–H groups in total. The number of nitrogens with zero attached hydrogens (tertiary/aromatic N) is 2.